The normalized spacial score (nSPS) is 31.5. The molecular formula is C13H18O2. The standard InChI is InChI=1S/C13H18O2/c14-12-6-7-13(15)11(9-12)8-10-4-2-1-3-5-10/h1-5,11-15H,6-9H2/t11-,12-,13-/m0/s1. The first-order valence-corrected chi connectivity index (χ1v) is 5.66. The molecule has 1 aromatic rings. The van der Waals surface area contributed by atoms with Crippen LogP contribution in [0.3, 0.4) is 0 Å². The molecule has 3 atom stereocenters. The molecule has 1 aliphatic carbocycles. The molecule has 0 heterocycles. The van der Waals surface area contributed by atoms with Crippen LogP contribution >= 0.6 is 0 Å². The van der Waals surface area contributed by atoms with Crippen LogP contribution in [0.2, 0.25) is 0 Å². The molecule has 0 aliphatic heterocycles. The van der Waals surface area contributed by atoms with Gasteiger partial charge in [-0.2, -0.15) is 0 Å². The first-order valence-electron chi connectivity index (χ1n) is 5.66. The summed E-state index contributed by atoms with van der Waals surface area (Å²) in [6.45, 7) is 0. The van der Waals surface area contributed by atoms with E-state index in [1.807, 2.05) is 18.2 Å². The lowest BCUT2D eigenvalue weighted by Crippen LogP contribution is -2.32. The molecule has 2 heteroatoms. The molecule has 2 rings (SSSR count). The monoisotopic (exact) mass is 206 g/mol. The van der Waals surface area contributed by atoms with Gasteiger partial charge in [0, 0.05) is 0 Å². The fourth-order valence-corrected chi connectivity index (χ4v) is 2.36. The van der Waals surface area contributed by atoms with Crippen molar-refractivity contribution in [3.05, 3.63) is 35.9 Å². The summed E-state index contributed by atoms with van der Waals surface area (Å²) in [5.74, 6) is 0.219. The lowest BCUT2D eigenvalue weighted by Gasteiger charge is -2.30. The molecule has 15 heavy (non-hydrogen) atoms. The van der Waals surface area contributed by atoms with Gasteiger partial charge >= 0.3 is 0 Å². The van der Waals surface area contributed by atoms with Crippen LogP contribution < -0.4 is 0 Å². The van der Waals surface area contributed by atoms with E-state index in [4.69, 9.17) is 0 Å². The first-order chi connectivity index (χ1) is 7.25. The zero-order chi connectivity index (χ0) is 10.7. The van der Waals surface area contributed by atoms with Gasteiger partial charge in [0.1, 0.15) is 0 Å². The topological polar surface area (TPSA) is 40.5 Å². The average Bonchev–Trinajstić information content (AvgIpc) is 2.25. The molecule has 0 bridgehead atoms. The van der Waals surface area contributed by atoms with E-state index in [1.165, 1.54) is 5.56 Å². The summed E-state index contributed by atoms with van der Waals surface area (Å²) in [6.07, 6.45) is 2.62. The van der Waals surface area contributed by atoms with Gasteiger partial charge in [0.2, 0.25) is 0 Å². The summed E-state index contributed by atoms with van der Waals surface area (Å²) in [4.78, 5) is 0. The molecule has 2 N–H and O–H groups in total. The van der Waals surface area contributed by atoms with Crippen molar-refractivity contribution in [3.8, 4) is 0 Å². The second-order valence-electron chi connectivity index (χ2n) is 4.48. The van der Waals surface area contributed by atoms with Gasteiger partial charge in [-0.15, -0.1) is 0 Å². The van der Waals surface area contributed by atoms with Crippen LogP contribution in [0.25, 0.3) is 0 Å². The Labute approximate surface area is 90.6 Å². The number of benzene rings is 1. The minimum Gasteiger partial charge on any atom is -0.393 e. The van der Waals surface area contributed by atoms with Gasteiger partial charge in [-0.3, -0.25) is 0 Å². The van der Waals surface area contributed by atoms with Crippen LogP contribution in [0.5, 0.6) is 0 Å². The van der Waals surface area contributed by atoms with Crippen LogP contribution in [0, 0.1) is 5.92 Å². The van der Waals surface area contributed by atoms with Gasteiger partial charge in [-0.05, 0) is 37.2 Å². The van der Waals surface area contributed by atoms with E-state index in [9.17, 15) is 10.2 Å². The van der Waals surface area contributed by atoms with Gasteiger partial charge in [0.05, 0.1) is 12.2 Å². The zero-order valence-electron chi connectivity index (χ0n) is 8.84. The molecule has 82 valence electrons. The third-order valence-corrected chi connectivity index (χ3v) is 3.26. The molecule has 1 fully saturated rings. The van der Waals surface area contributed by atoms with Crippen molar-refractivity contribution in [2.75, 3.05) is 0 Å². The molecule has 2 nitrogen and oxygen atoms in total. The van der Waals surface area contributed by atoms with Crippen LogP contribution in [0.1, 0.15) is 24.8 Å². The largest absolute Gasteiger partial charge is 0.393 e. The van der Waals surface area contributed by atoms with Crippen molar-refractivity contribution < 1.29 is 10.2 Å². The highest BCUT2D eigenvalue weighted by atomic mass is 16.3. The Balaban J connectivity index is 1.98. The molecule has 0 amide bonds. The van der Waals surface area contributed by atoms with Gasteiger partial charge in [0.15, 0.2) is 0 Å². The highest BCUT2D eigenvalue weighted by molar-refractivity contribution is 5.15. The molecule has 0 radical (unpaired) electrons. The van der Waals surface area contributed by atoms with E-state index in [0.717, 1.165) is 25.7 Å². The van der Waals surface area contributed by atoms with Gasteiger partial charge < -0.3 is 10.2 Å². The van der Waals surface area contributed by atoms with Crippen molar-refractivity contribution in [3.63, 3.8) is 0 Å². The van der Waals surface area contributed by atoms with Gasteiger partial charge in [0.25, 0.3) is 0 Å². The number of aliphatic hydroxyl groups is 2. The van der Waals surface area contributed by atoms with E-state index in [2.05, 4.69) is 12.1 Å². The molecule has 0 spiro atoms. The minimum absolute atomic E-state index is 0.219. The maximum Gasteiger partial charge on any atom is 0.0573 e. The van der Waals surface area contributed by atoms with Gasteiger partial charge in [-0.25, -0.2) is 0 Å². The number of hydrogen-bond acceptors (Lipinski definition) is 2. The molecule has 1 aliphatic rings. The predicted molar refractivity (Wildman–Crippen MR) is 59.5 cm³/mol. The van der Waals surface area contributed by atoms with E-state index in [-0.39, 0.29) is 18.1 Å². The van der Waals surface area contributed by atoms with Crippen LogP contribution in [0.15, 0.2) is 30.3 Å². The van der Waals surface area contributed by atoms with Crippen LogP contribution in [-0.2, 0) is 6.42 Å². The van der Waals surface area contributed by atoms with Gasteiger partial charge in [-0.1, -0.05) is 30.3 Å². The first kappa shape index (κ1) is 10.7. The Bertz CT molecular complexity index is 297. The molecule has 0 aromatic heterocycles. The lowest BCUT2D eigenvalue weighted by atomic mass is 9.81. The quantitative estimate of drug-likeness (QED) is 0.774. The maximum atomic E-state index is 9.84. The van der Waals surface area contributed by atoms with Crippen molar-refractivity contribution in [1.29, 1.82) is 0 Å². The summed E-state index contributed by atoms with van der Waals surface area (Å²) < 4.78 is 0. The Morgan fingerprint density at radius 1 is 1.07 bits per heavy atom. The highest BCUT2D eigenvalue weighted by Gasteiger charge is 2.27. The molecular weight excluding hydrogens is 188 g/mol. The number of aliphatic hydroxyl groups excluding tert-OH is 2. The Morgan fingerprint density at radius 3 is 2.53 bits per heavy atom. The third-order valence-electron chi connectivity index (χ3n) is 3.26. The van der Waals surface area contributed by atoms with E-state index < -0.39 is 0 Å². The molecule has 1 aromatic carbocycles. The van der Waals surface area contributed by atoms with Crippen molar-refractivity contribution in [2.24, 2.45) is 5.92 Å². The number of rotatable bonds is 2. The Hall–Kier alpha value is -0.860. The second-order valence-corrected chi connectivity index (χ2v) is 4.48. The third kappa shape index (κ3) is 2.80. The lowest BCUT2D eigenvalue weighted by molar-refractivity contribution is 0.00723. The zero-order valence-corrected chi connectivity index (χ0v) is 8.84. The van der Waals surface area contributed by atoms with E-state index in [1.54, 1.807) is 0 Å². The SMILES string of the molecule is O[C@H]1CC[C@H](O)[C@@H](Cc2ccccc2)C1. The van der Waals surface area contributed by atoms with Crippen molar-refractivity contribution in [1.82, 2.24) is 0 Å². The van der Waals surface area contributed by atoms with Crippen molar-refractivity contribution >= 4 is 0 Å². The fraction of sp³-hybridized carbons (Fsp3) is 0.538. The summed E-state index contributed by atoms with van der Waals surface area (Å²) in [5, 5.41) is 19.4. The molecule has 0 unspecified atom stereocenters. The minimum atomic E-state index is -0.242. The van der Waals surface area contributed by atoms with E-state index >= 15 is 0 Å². The highest BCUT2D eigenvalue weighted by Crippen LogP contribution is 2.27. The fourth-order valence-electron chi connectivity index (χ4n) is 2.36. The summed E-state index contributed by atoms with van der Waals surface area (Å²) >= 11 is 0. The second kappa shape index (κ2) is 4.77. The van der Waals surface area contributed by atoms with Crippen LogP contribution in [0.4, 0.5) is 0 Å². The maximum absolute atomic E-state index is 9.84. The average molecular weight is 206 g/mol. The van der Waals surface area contributed by atoms with E-state index in [0.29, 0.717) is 0 Å². The summed E-state index contributed by atoms with van der Waals surface area (Å²) in [6, 6.07) is 10.2. The van der Waals surface area contributed by atoms with Crippen molar-refractivity contribution in [2.45, 2.75) is 37.9 Å². The molecule has 0 saturated heterocycles. The Kier molecular flexibility index (Phi) is 3.39. The Morgan fingerprint density at radius 2 is 1.80 bits per heavy atom. The predicted octanol–water partition coefficient (Wildman–Crippen LogP) is 1.75. The smallest absolute Gasteiger partial charge is 0.0573 e. The summed E-state index contributed by atoms with van der Waals surface area (Å²) in [5.41, 5.74) is 1.25. The molecule has 1 saturated carbocycles. The van der Waals surface area contributed by atoms with Crippen LogP contribution in [-0.4, -0.2) is 22.4 Å². The number of hydrogen-bond donors (Lipinski definition) is 2. The summed E-state index contributed by atoms with van der Waals surface area (Å²) in [7, 11) is 0.